The average molecular weight is 561 g/mol. The molecule has 0 aromatic heterocycles. The Hall–Kier alpha value is -0.400. The van der Waals surface area contributed by atoms with Gasteiger partial charge >= 0.3 is 196 Å². The molecule has 0 amide bonds. The number of fused-ring (bicyclic) bond motifs is 3. The van der Waals surface area contributed by atoms with E-state index in [4.69, 9.17) is 0 Å². The minimum Gasteiger partial charge on any atom is -1.00 e. The van der Waals surface area contributed by atoms with Gasteiger partial charge in [0.05, 0.1) is 0 Å². The molecule has 2 unspecified atom stereocenters. The summed E-state index contributed by atoms with van der Waals surface area (Å²) in [7, 11) is -1.17. The molecule has 0 spiro atoms. The van der Waals surface area contributed by atoms with E-state index in [1.54, 1.807) is 16.7 Å². The molecule has 0 nitrogen and oxygen atoms in total. The average Bonchev–Trinajstić information content (AvgIpc) is 3.07. The van der Waals surface area contributed by atoms with Crippen molar-refractivity contribution in [3.8, 4) is 0 Å². The number of halogens is 2. The molecule has 0 saturated heterocycles. The van der Waals surface area contributed by atoms with E-state index in [1.807, 2.05) is 10.4 Å². The Labute approximate surface area is 219 Å². The molecule has 0 fully saturated rings. The topological polar surface area (TPSA) is 0 Å². The minimum absolute atomic E-state index is 0. The van der Waals surface area contributed by atoms with Crippen molar-refractivity contribution >= 4 is 19.3 Å². The van der Waals surface area contributed by atoms with E-state index in [1.165, 1.54) is 37.7 Å². The third kappa shape index (κ3) is 4.35. The smallest absolute Gasteiger partial charge is 1.00 e. The molecule has 0 saturated carbocycles. The van der Waals surface area contributed by atoms with E-state index in [0.29, 0.717) is 9.04 Å². The zero-order valence-electron chi connectivity index (χ0n) is 19.7. The Kier molecular flexibility index (Phi) is 8.25. The van der Waals surface area contributed by atoms with Crippen LogP contribution in [-0.2, 0) is 23.2 Å². The fourth-order valence-electron chi connectivity index (χ4n) is 6.19. The molecule has 5 rings (SSSR count). The van der Waals surface area contributed by atoms with E-state index in [9.17, 15) is 0 Å². The fraction of sp³-hybridized carbons (Fsp3) is 0.429. The van der Waals surface area contributed by atoms with Crippen LogP contribution in [0.4, 0.5) is 0 Å². The fourth-order valence-corrected chi connectivity index (χ4v) is 18.4. The van der Waals surface area contributed by atoms with E-state index in [2.05, 4.69) is 87.6 Å². The normalized spacial score (nSPS) is 21.1. The monoisotopic (exact) mass is 558 g/mol. The largest absolute Gasteiger partial charge is 1.00 e. The second-order valence-electron chi connectivity index (χ2n) is 10.1. The summed E-state index contributed by atoms with van der Waals surface area (Å²) in [6, 6.07) is 18.4. The Bertz CT molecular complexity index is 1040. The molecule has 3 aliphatic rings. The van der Waals surface area contributed by atoms with Gasteiger partial charge in [-0.2, -0.15) is 0 Å². The molecule has 2 aliphatic carbocycles. The van der Waals surface area contributed by atoms with Crippen LogP contribution in [0.5, 0.6) is 0 Å². The summed E-state index contributed by atoms with van der Waals surface area (Å²) in [5.41, 5.74) is 6.38. The van der Waals surface area contributed by atoms with Crippen molar-refractivity contribution in [2.45, 2.75) is 71.7 Å². The summed E-state index contributed by atoms with van der Waals surface area (Å²) in [4.78, 5) is 0. The van der Waals surface area contributed by atoms with Crippen LogP contribution in [0, 0.1) is 0 Å². The van der Waals surface area contributed by atoms with Crippen LogP contribution in [0.2, 0.25) is 16.2 Å². The number of allylic oxidation sites excluding steroid dienone is 2. The SMILES string of the molecule is CC[C](CC)(CCCC1C=Cc2ccccc21)[Zr+2][CH]1C2=C(c3ccccc31)[Si]2(C)C.[Cl-].[Cl-]. The summed E-state index contributed by atoms with van der Waals surface area (Å²) in [5.74, 6) is 0.648. The maximum atomic E-state index is 2.60. The number of hydrogen-bond acceptors (Lipinski definition) is 0. The molecule has 4 heteroatoms. The van der Waals surface area contributed by atoms with Crippen LogP contribution in [-0.4, -0.2) is 8.07 Å². The molecular formula is C28H34Cl2SiZr. The van der Waals surface area contributed by atoms with Crippen molar-refractivity contribution in [2.75, 3.05) is 0 Å². The van der Waals surface area contributed by atoms with Gasteiger partial charge in [0.15, 0.2) is 0 Å². The van der Waals surface area contributed by atoms with Gasteiger partial charge in [-0.1, -0.05) is 0 Å². The van der Waals surface area contributed by atoms with Crippen molar-refractivity contribution < 1.29 is 48.0 Å². The zero-order valence-corrected chi connectivity index (χ0v) is 24.7. The Balaban J connectivity index is 0.00000144. The van der Waals surface area contributed by atoms with E-state index in [0.717, 1.165) is 3.63 Å². The molecule has 0 radical (unpaired) electrons. The minimum atomic E-state index is -1.17. The molecule has 0 N–H and O–H groups in total. The van der Waals surface area contributed by atoms with Crippen LogP contribution in [0.15, 0.2) is 59.8 Å². The predicted octanol–water partition coefficient (Wildman–Crippen LogP) is 2.35. The van der Waals surface area contributed by atoms with Crippen molar-refractivity contribution in [3.05, 3.63) is 82.1 Å². The molecule has 2 aromatic rings. The second-order valence-corrected chi connectivity index (χ2v) is 19.1. The van der Waals surface area contributed by atoms with E-state index >= 15 is 0 Å². The van der Waals surface area contributed by atoms with E-state index in [-0.39, 0.29) is 24.8 Å². The second kappa shape index (κ2) is 10.1. The maximum absolute atomic E-state index is 2.60. The Morgan fingerprint density at radius 2 is 1.56 bits per heavy atom. The first-order chi connectivity index (χ1) is 14.5. The number of benzene rings is 2. The summed E-state index contributed by atoms with van der Waals surface area (Å²) in [6.45, 7) is 10.2. The van der Waals surface area contributed by atoms with Crippen molar-refractivity contribution in [1.82, 2.24) is 0 Å². The zero-order chi connectivity index (χ0) is 20.9. The van der Waals surface area contributed by atoms with Crippen molar-refractivity contribution in [3.63, 3.8) is 0 Å². The van der Waals surface area contributed by atoms with Crippen molar-refractivity contribution in [2.24, 2.45) is 0 Å². The van der Waals surface area contributed by atoms with Gasteiger partial charge in [0.2, 0.25) is 0 Å². The van der Waals surface area contributed by atoms with Gasteiger partial charge < -0.3 is 24.8 Å². The van der Waals surface area contributed by atoms with Crippen LogP contribution >= 0.6 is 0 Å². The Morgan fingerprint density at radius 1 is 0.906 bits per heavy atom. The Morgan fingerprint density at radius 3 is 2.28 bits per heavy atom. The molecular weight excluding hydrogens is 527 g/mol. The molecule has 32 heavy (non-hydrogen) atoms. The molecule has 0 bridgehead atoms. The predicted molar refractivity (Wildman–Crippen MR) is 129 cm³/mol. The van der Waals surface area contributed by atoms with Crippen LogP contribution < -0.4 is 24.8 Å². The summed E-state index contributed by atoms with van der Waals surface area (Å²) >= 11 is -0.588. The molecule has 2 atom stereocenters. The number of rotatable bonds is 8. The first kappa shape index (κ1) is 26.2. The summed E-state index contributed by atoms with van der Waals surface area (Å²) in [6.07, 6.45) is 11.7. The van der Waals surface area contributed by atoms with Gasteiger partial charge in [-0.3, -0.25) is 0 Å². The van der Waals surface area contributed by atoms with Crippen molar-refractivity contribution in [1.29, 1.82) is 0 Å². The summed E-state index contributed by atoms with van der Waals surface area (Å²) < 4.78 is 1.53. The third-order valence-corrected chi connectivity index (χ3v) is 18.4. The van der Waals surface area contributed by atoms with Gasteiger partial charge in [0, 0.05) is 0 Å². The van der Waals surface area contributed by atoms with Crippen LogP contribution in [0.25, 0.3) is 11.3 Å². The first-order valence-electron chi connectivity index (χ1n) is 11.9. The molecule has 168 valence electrons. The van der Waals surface area contributed by atoms with E-state index < -0.39 is 31.3 Å². The third-order valence-electron chi connectivity index (χ3n) is 8.21. The van der Waals surface area contributed by atoms with Gasteiger partial charge in [0.1, 0.15) is 0 Å². The molecule has 2 aromatic carbocycles. The quantitative estimate of drug-likeness (QED) is 0.435. The molecule has 1 heterocycles. The standard InChI is InChI=1S/C17H23.C11H11Si.2ClH.Zr/c1-3-14(4-2)8-7-10-16-13-12-15-9-5-6-11-17(15)16;1-12(2)10-7-8-5-3-4-6-9(8)11(10)12;;;/h5-6,9,11-13,16H,3-4,7-8,10H2,1-2H3;3-7H,1-2H3;2*1H;/q;;;;+2/p-2. The van der Waals surface area contributed by atoms with Gasteiger partial charge in [-0.15, -0.1) is 0 Å². The molecule has 1 aliphatic heterocycles. The summed E-state index contributed by atoms with van der Waals surface area (Å²) in [5, 5.41) is 3.81. The van der Waals surface area contributed by atoms with Crippen LogP contribution in [0.3, 0.4) is 0 Å². The first-order valence-corrected chi connectivity index (χ1v) is 17.5. The van der Waals surface area contributed by atoms with Gasteiger partial charge in [-0.05, 0) is 0 Å². The van der Waals surface area contributed by atoms with Gasteiger partial charge in [-0.25, -0.2) is 0 Å². The van der Waals surface area contributed by atoms with Gasteiger partial charge in [0.25, 0.3) is 0 Å². The van der Waals surface area contributed by atoms with Crippen LogP contribution in [0.1, 0.15) is 77.7 Å². The maximum Gasteiger partial charge on any atom is -1.00 e. The number of hydrogen-bond donors (Lipinski definition) is 0.